The number of rotatable bonds is 6. The van der Waals surface area contributed by atoms with Gasteiger partial charge in [0.1, 0.15) is 18.2 Å². The Balaban J connectivity index is 1.46. The molecule has 0 spiro atoms. The molecule has 0 aliphatic heterocycles. The van der Waals surface area contributed by atoms with Crippen LogP contribution in [0.2, 0.25) is 0 Å². The quantitative estimate of drug-likeness (QED) is 0.513. The second kappa shape index (κ2) is 9.49. The molecule has 1 atom stereocenters. The molecule has 0 bridgehead atoms. The van der Waals surface area contributed by atoms with E-state index in [1.165, 1.54) is 0 Å². The molecule has 0 saturated carbocycles. The number of hydrogen-bond donors (Lipinski definition) is 1. The third-order valence-corrected chi connectivity index (χ3v) is 5.61. The van der Waals surface area contributed by atoms with Crippen molar-refractivity contribution in [1.82, 2.24) is 5.32 Å². The third-order valence-electron chi connectivity index (χ3n) is 5.61. The van der Waals surface area contributed by atoms with E-state index in [1.54, 1.807) is 20.8 Å². The Hall–Kier alpha value is -3.60. The number of fused-ring (bicyclic) bond motifs is 3. The summed E-state index contributed by atoms with van der Waals surface area (Å²) in [5, 5.41) is 2.72. The van der Waals surface area contributed by atoms with Crippen molar-refractivity contribution in [3.05, 3.63) is 95.6 Å². The first-order chi connectivity index (χ1) is 15.8. The van der Waals surface area contributed by atoms with Crippen LogP contribution in [0.15, 0.2) is 78.9 Å². The van der Waals surface area contributed by atoms with Gasteiger partial charge in [0.15, 0.2) is 0 Å². The second-order valence-corrected chi connectivity index (χ2v) is 9.25. The molecule has 5 nitrogen and oxygen atoms in total. The monoisotopic (exact) mass is 443 g/mol. The molecule has 0 heterocycles. The van der Waals surface area contributed by atoms with Gasteiger partial charge in [-0.05, 0) is 48.6 Å². The average molecular weight is 444 g/mol. The highest BCUT2D eigenvalue weighted by atomic mass is 16.6. The number of carbonyl (C=O) groups excluding carboxylic acids is 2. The van der Waals surface area contributed by atoms with E-state index in [0.29, 0.717) is 6.42 Å². The molecule has 5 heteroatoms. The maximum Gasteiger partial charge on any atom is 0.407 e. The Morgan fingerprint density at radius 1 is 0.848 bits per heavy atom. The van der Waals surface area contributed by atoms with Gasteiger partial charge >= 0.3 is 12.1 Å². The van der Waals surface area contributed by atoms with Crippen LogP contribution >= 0.6 is 0 Å². The molecule has 0 radical (unpaired) electrons. The number of alkyl carbamates (subject to hydrolysis) is 1. The van der Waals surface area contributed by atoms with Crippen molar-refractivity contribution in [2.45, 2.75) is 44.8 Å². The lowest BCUT2D eigenvalue weighted by Crippen LogP contribution is -2.46. The van der Waals surface area contributed by atoms with Crippen molar-refractivity contribution in [3.63, 3.8) is 0 Å². The summed E-state index contributed by atoms with van der Waals surface area (Å²) in [5.41, 5.74) is 4.87. The Morgan fingerprint density at radius 2 is 1.39 bits per heavy atom. The maximum absolute atomic E-state index is 12.8. The van der Waals surface area contributed by atoms with E-state index < -0.39 is 23.7 Å². The number of benzene rings is 3. The number of esters is 1. The molecule has 1 amide bonds. The lowest BCUT2D eigenvalue weighted by molar-refractivity contribution is -0.157. The Morgan fingerprint density at radius 3 is 1.97 bits per heavy atom. The third kappa shape index (κ3) is 5.43. The highest BCUT2D eigenvalue weighted by Gasteiger charge is 2.31. The molecule has 0 fully saturated rings. The summed E-state index contributed by atoms with van der Waals surface area (Å²) < 4.78 is 11.2. The largest absolute Gasteiger partial charge is 0.458 e. The highest BCUT2D eigenvalue weighted by molar-refractivity contribution is 5.82. The first-order valence-electron chi connectivity index (χ1n) is 11.2. The highest BCUT2D eigenvalue weighted by Crippen LogP contribution is 2.44. The van der Waals surface area contributed by atoms with E-state index in [1.807, 2.05) is 54.6 Å². The minimum Gasteiger partial charge on any atom is -0.458 e. The van der Waals surface area contributed by atoms with Crippen LogP contribution in [0.4, 0.5) is 4.79 Å². The summed E-state index contributed by atoms with van der Waals surface area (Å²) >= 11 is 0. The molecule has 1 aliphatic rings. The molecule has 3 aromatic rings. The summed E-state index contributed by atoms with van der Waals surface area (Å²) in [7, 11) is 0. The lowest BCUT2D eigenvalue weighted by Gasteiger charge is -2.25. The van der Waals surface area contributed by atoms with Crippen molar-refractivity contribution < 1.29 is 19.1 Å². The molecule has 0 aromatic heterocycles. The first-order valence-corrected chi connectivity index (χ1v) is 11.2. The van der Waals surface area contributed by atoms with Gasteiger partial charge in [0, 0.05) is 12.3 Å². The van der Waals surface area contributed by atoms with Gasteiger partial charge in [-0.25, -0.2) is 9.59 Å². The maximum atomic E-state index is 12.8. The van der Waals surface area contributed by atoms with Gasteiger partial charge in [-0.1, -0.05) is 78.9 Å². The van der Waals surface area contributed by atoms with Crippen molar-refractivity contribution in [1.29, 1.82) is 0 Å². The van der Waals surface area contributed by atoms with E-state index in [4.69, 9.17) is 9.47 Å². The summed E-state index contributed by atoms with van der Waals surface area (Å²) in [6.07, 6.45) is -0.316. The molecular weight excluding hydrogens is 414 g/mol. The molecule has 4 rings (SSSR count). The fraction of sp³-hybridized carbons (Fsp3) is 0.286. The molecular formula is C28H29NO4. The summed E-state index contributed by atoms with van der Waals surface area (Å²) in [5.74, 6) is -0.530. The average Bonchev–Trinajstić information content (AvgIpc) is 3.11. The van der Waals surface area contributed by atoms with Crippen molar-refractivity contribution in [2.24, 2.45) is 0 Å². The zero-order valence-electron chi connectivity index (χ0n) is 19.2. The van der Waals surface area contributed by atoms with E-state index in [-0.39, 0.29) is 12.5 Å². The predicted molar refractivity (Wildman–Crippen MR) is 128 cm³/mol. The van der Waals surface area contributed by atoms with Gasteiger partial charge in [-0.15, -0.1) is 0 Å². The Bertz CT molecular complexity index is 1090. The van der Waals surface area contributed by atoms with E-state index in [0.717, 1.165) is 27.8 Å². The molecule has 1 N–H and O–H groups in total. The SMILES string of the molecule is CC(C)(C)OC(=O)[C@H](Cc1ccccc1)NC(=O)OCC1c2ccccc2-c2ccccc21. The summed E-state index contributed by atoms with van der Waals surface area (Å²) in [6, 6.07) is 25.0. The van der Waals surface area contributed by atoms with Crippen LogP contribution < -0.4 is 5.32 Å². The summed E-state index contributed by atoms with van der Waals surface area (Å²) in [4.78, 5) is 25.5. The smallest absolute Gasteiger partial charge is 0.407 e. The zero-order valence-corrected chi connectivity index (χ0v) is 19.2. The zero-order chi connectivity index (χ0) is 23.4. The fourth-order valence-corrected chi connectivity index (χ4v) is 4.20. The van der Waals surface area contributed by atoms with Crippen LogP contribution in [-0.2, 0) is 20.7 Å². The fourth-order valence-electron chi connectivity index (χ4n) is 4.20. The molecule has 170 valence electrons. The van der Waals surface area contributed by atoms with Crippen molar-refractivity contribution >= 4 is 12.1 Å². The normalized spacial score (nSPS) is 13.5. The topological polar surface area (TPSA) is 64.6 Å². The molecule has 0 unspecified atom stereocenters. The van der Waals surface area contributed by atoms with Crippen LogP contribution in [0, 0.1) is 0 Å². The van der Waals surface area contributed by atoms with Crippen molar-refractivity contribution in [3.8, 4) is 11.1 Å². The van der Waals surface area contributed by atoms with Gasteiger partial charge < -0.3 is 14.8 Å². The minimum absolute atomic E-state index is 0.0442. The van der Waals surface area contributed by atoms with Crippen LogP contribution in [0.5, 0.6) is 0 Å². The number of amides is 1. The molecule has 33 heavy (non-hydrogen) atoms. The number of nitrogens with one attached hydrogen (secondary N) is 1. The van der Waals surface area contributed by atoms with E-state index in [2.05, 4.69) is 29.6 Å². The first kappa shape index (κ1) is 22.6. The number of hydrogen-bond acceptors (Lipinski definition) is 4. The second-order valence-electron chi connectivity index (χ2n) is 9.25. The van der Waals surface area contributed by atoms with Gasteiger partial charge in [-0.2, -0.15) is 0 Å². The molecule has 1 aliphatic carbocycles. The Labute approximate surface area is 194 Å². The predicted octanol–water partition coefficient (Wildman–Crippen LogP) is 5.48. The van der Waals surface area contributed by atoms with E-state index >= 15 is 0 Å². The number of ether oxygens (including phenoxy) is 2. The van der Waals surface area contributed by atoms with Crippen LogP contribution in [0.25, 0.3) is 11.1 Å². The van der Waals surface area contributed by atoms with Crippen molar-refractivity contribution in [2.75, 3.05) is 6.61 Å². The minimum atomic E-state index is -0.845. The van der Waals surface area contributed by atoms with Gasteiger partial charge in [-0.3, -0.25) is 0 Å². The summed E-state index contributed by atoms with van der Waals surface area (Å²) in [6.45, 7) is 5.60. The molecule has 0 saturated heterocycles. The standard InChI is InChI=1S/C28H29NO4/c1-28(2,3)33-26(30)25(17-19-11-5-4-6-12-19)29-27(31)32-18-24-22-15-9-7-13-20(22)21-14-8-10-16-23(21)24/h4-16,24-25H,17-18H2,1-3H3,(H,29,31)/t25-/m0/s1. The number of carbonyl (C=O) groups is 2. The van der Waals surface area contributed by atoms with Crippen LogP contribution in [0.3, 0.4) is 0 Å². The Kier molecular flexibility index (Phi) is 6.50. The lowest BCUT2D eigenvalue weighted by atomic mass is 9.98. The van der Waals surface area contributed by atoms with Gasteiger partial charge in [0.05, 0.1) is 0 Å². The van der Waals surface area contributed by atoms with Crippen LogP contribution in [-0.4, -0.2) is 30.3 Å². The van der Waals surface area contributed by atoms with Crippen LogP contribution in [0.1, 0.15) is 43.4 Å². The van der Waals surface area contributed by atoms with Gasteiger partial charge in [0.25, 0.3) is 0 Å². The molecule has 3 aromatic carbocycles. The van der Waals surface area contributed by atoms with Gasteiger partial charge in [0.2, 0.25) is 0 Å². The van der Waals surface area contributed by atoms with E-state index in [9.17, 15) is 9.59 Å².